The van der Waals surface area contributed by atoms with Gasteiger partial charge in [0, 0.05) is 6.42 Å². The number of esters is 2. The van der Waals surface area contributed by atoms with Gasteiger partial charge in [-0.05, 0) is 37.8 Å². The fourth-order valence-corrected chi connectivity index (χ4v) is 4.80. The zero-order valence-corrected chi connectivity index (χ0v) is 19.5. The van der Waals surface area contributed by atoms with Crippen molar-refractivity contribution >= 4 is 23.3 Å². The number of aliphatic hydroxyl groups excluding tert-OH is 1. The molecule has 5 atom stereocenters. The van der Waals surface area contributed by atoms with E-state index in [2.05, 4.69) is 10.1 Å². The molecule has 1 saturated heterocycles. The molecule has 0 aromatic carbocycles. The van der Waals surface area contributed by atoms with Gasteiger partial charge >= 0.3 is 11.9 Å². The average molecular weight is 487 g/mol. The lowest BCUT2D eigenvalue weighted by molar-refractivity contribution is -0.161. The number of aliphatic hydroxyl groups is 1. The van der Waals surface area contributed by atoms with E-state index in [1.807, 2.05) is 6.07 Å². The van der Waals surface area contributed by atoms with Crippen LogP contribution < -0.4 is 11.5 Å². The van der Waals surface area contributed by atoms with E-state index < -0.39 is 41.9 Å². The van der Waals surface area contributed by atoms with Crippen LogP contribution in [0.4, 0.5) is 5.82 Å². The molecule has 35 heavy (non-hydrogen) atoms. The summed E-state index contributed by atoms with van der Waals surface area (Å²) in [6.07, 6.45) is 2.58. The first-order valence-electron chi connectivity index (χ1n) is 11.7. The molecule has 2 aliphatic rings. The van der Waals surface area contributed by atoms with Crippen molar-refractivity contribution in [1.29, 1.82) is 5.26 Å². The number of nitrogens with two attached hydrogens (primary N) is 2. The van der Waals surface area contributed by atoms with E-state index in [1.165, 1.54) is 23.8 Å². The lowest BCUT2D eigenvalue weighted by Crippen LogP contribution is -2.43. The van der Waals surface area contributed by atoms with Gasteiger partial charge in [-0.2, -0.15) is 10.4 Å². The van der Waals surface area contributed by atoms with Crippen molar-refractivity contribution in [1.82, 2.24) is 14.6 Å². The number of fused-ring (bicyclic) bond motifs is 1. The van der Waals surface area contributed by atoms with Crippen LogP contribution in [0.1, 0.15) is 51.1 Å². The summed E-state index contributed by atoms with van der Waals surface area (Å²) < 4.78 is 18.2. The summed E-state index contributed by atoms with van der Waals surface area (Å²) in [7, 11) is 0. The van der Waals surface area contributed by atoms with E-state index in [0.717, 1.165) is 32.1 Å². The van der Waals surface area contributed by atoms with Crippen LogP contribution in [0.2, 0.25) is 0 Å². The van der Waals surface area contributed by atoms with Crippen molar-refractivity contribution in [2.24, 2.45) is 11.7 Å². The van der Waals surface area contributed by atoms with Gasteiger partial charge in [-0.3, -0.25) is 9.59 Å². The third kappa shape index (κ3) is 4.80. The molecule has 1 aliphatic carbocycles. The number of aromatic nitrogens is 3. The van der Waals surface area contributed by atoms with Gasteiger partial charge in [0.2, 0.25) is 5.60 Å². The van der Waals surface area contributed by atoms with Gasteiger partial charge in [-0.25, -0.2) is 9.50 Å². The minimum atomic E-state index is -1.98. The molecule has 1 aliphatic heterocycles. The van der Waals surface area contributed by atoms with E-state index in [4.69, 9.17) is 25.7 Å². The first-order valence-corrected chi connectivity index (χ1v) is 11.7. The summed E-state index contributed by atoms with van der Waals surface area (Å²) in [5.41, 5.74) is 10.1. The topological polar surface area (TPSA) is 188 Å². The summed E-state index contributed by atoms with van der Waals surface area (Å²) >= 11 is 0. The van der Waals surface area contributed by atoms with Crippen molar-refractivity contribution in [2.75, 3.05) is 12.3 Å². The largest absolute Gasteiger partial charge is 0.462 e. The minimum Gasteiger partial charge on any atom is -0.462 e. The Balaban J connectivity index is 1.62. The first kappa shape index (κ1) is 24.8. The molecule has 4 rings (SSSR count). The lowest BCUT2D eigenvalue weighted by Gasteiger charge is -2.25. The maximum atomic E-state index is 12.8. The highest BCUT2D eigenvalue weighted by atomic mass is 16.6. The van der Waals surface area contributed by atoms with E-state index in [9.17, 15) is 20.0 Å². The molecule has 0 radical (unpaired) electrons. The highest BCUT2D eigenvalue weighted by Gasteiger charge is 2.60. The number of ether oxygens (including phenoxy) is 3. The molecular formula is C23H30N6O6. The molecule has 188 valence electrons. The van der Waals surface area contributed by atoms with Crippen molar-refractivity contribution in [3.63, 3.8) is 0 Å². The second kappa shape index (κ2) is 10.2. The standard InChI is InChI=1S/C23H30N6O6/c1-13(25)22(32)33-10-16-19(34-18(30)9-14-5-3-2-4-6-14)20(31)23(11-24,35-16)17-8-7-15-21(26)27-12-28-29(15)17/h7-8,12-14,16,19-20,31H,2-6,9-10,25H2,1H3,(H2,26,27,28)/t13-,16+,19+,20+,23-/m0/s1. The number of carbonyl (C=O) groups excluding carboxylic acids is 2. The Hall–Kier alpha value is -3.27. The highest BCUT2D eigenvalue weighted by molar-refractivity contribution is 5.75. The van der Waals surface area contributed by atoms with Gasteiger partial charge in [-0.1, -0.05) is 19.3 Å². The van der Waals surface area contributed by atoms with Crippen LogP contribution in [-0.4, -0.2) is 62.6 Å². The van der Waals surface area contributed by atoms with Gasteiger partial charge in [0.25, 0.3) is 0 Å². The molecule has 0 amide bonds. The molecular weight excluding hydrogens is 456 g/mol. The number of hydrogen-bond donors (Lipinski definition) is 3. The van der Waals surface area contributed by atoms with Crippen LogP contribution in [0, 0.1) is 17.2 Å². The summed E-state index contributed by atoms with van der Waals surface area (Å²) in [5, 5.41) is 25.6. The van der Waals surface area contributed by atoms with Crippen LogP contribution in [0.25, 0.3) is 5.52 Å². The molecule has 12 nitrogen and oxygen atoms in total. The van der Waals surface area contributed by atoms with Crippen LogP contribution in [-0.2, 0) is 29.4 Å². The molecule has 0 spiro atoms. The molecule has 2 fully saturated rings. The number of anilines is 1. The Morgan fingerprint density at radius 1 is 1.37 bits per heavy atom. The Kier molecular flexibility index (Phi) is 7.20. The monoisotopic (exact) mass is 486 g/mol. The molecule has 2 aromatic rings. The Bertz CT molecular complexity index is 1120. The van der Waals surface area contributed by atoms with Gasteiger partial charge in [-0.15, -0.1) is 0 Å². The summed E-state index contributed by atoms with van der Waals surface area (Å²) in [5.74, 6) is -0.823. The quantitative estimate of drug-likeness (QED) is 0.464. The zero-order chi connectivity index (χ0) is 25.2. The smallest absolute Gasteiger partial charge is 0.322 e. The highest BCUT2D eigenvalue weighted by Crippen LogP contribution is 2.42. The van der Waals surface area contributed by atoms with E-state index >= 15 is 0 Å². The molecule has 0 bridgehead atoms. The number of nitrogen functional groups attached to an aromatic ring is 1. The predicted octanol–water partition coefficient (Wildman–Crippen LogP) is 0.563. The van der Waals surface area contributed by atoms with Gasteiger partial charge in [0.1, 0.15) is 42.8 Å². The molecule has 12 heteroatoms. The van der Waals surface area contributed by atoms with E-state index in [0.29, 0.717) is 5.52 Å². The second-order valence-corrected chi connectivity index (χ2v) is 9.19. The van der Waals surface area contributed by atoms with Gasteiger partial charge < -0.3 is 30.8 Å². The SMILES string of the molecule is C[C@H](N)C(=O)OC[C@H]1O[C@@](C#N)(c2ccc3c(N)ncnn23)[C@H](O)[C@@H]1OC(=O)CC1CCCCC1. The Morgan fingerprint density at radius 3 is 2.80 bits per heavy atom. The van der Waals surface area contributed by atoms with Crippen molar-refractivity contribution in [3.8, 4) is 6.07 Å². The van der Waals surface area contributed by atoms with E-state index in [-0.39, 0.29) is 30.5 Å². The molecule has 2 aromatic heterocycles. The number of rotatable bonds is 7. The summed E-state index contributed by atoms with van der Waals surface area (Å²) in [6.45, 7) is 1.09. The van der Waals surface area contributed by atoms with Gasteiger partial charge in [0.05, 0.1) is 5.69 Å². The van der Waals surface area contributed by atoms with Gasteiger partial charge in [0.15, 0.2) is 11.9 Å². The van der Waals surface area contributed by atoms with Crippen LogP contribution >= 0.6 is 0 Å². The number of carbonyl (C=O) groups is 2. The van der Waals surface area contributed by atoms with Crippen LogP contribution in [0.5, 0.6) is 0 Å². The molecule has 5 N–H and O–H groups in total. The molecule has 0 unspecified atom stereocenters. The van der Waals surface area contributed by atoms with Crippen LogP contribution in [0.3, 0.4) is 0 Å². The molecule has 3 heterocycles. The second-order valence-electron chi connectivity index (χ2n) is 9.19. The number of hydrogen-bond acceptors (Lipinski definition) is 11. The predicted molar refractivity (Wildman–Crippen MR) is 121 cm³/mol. The summed E-state index contributed by atoms with van der Waals surface area (Å²) in [4.78, 5) is 28.7. The van der Waals surface area contributed by atoms with Crippen molar-refractivity contribution < 1.29 is 28.9 Å². The Labute approximate surface area is 202 Å². The van der Waals surface area contributed by atoms with Crippen molar-refractivity contribution in [3.05, 3.63) is 24.2 Å². The number of nitrogens with zero attached hydrogens (tertiary/aromatic N) is 4. The Morgan fingerprint density at radius 2 is 2.11 bits per heavy atom. The fraction of sp³-hybridized carbons (Fsp3) is 0.609. The fourth-order valence-electron chi connectivity index (χ4n) is 4.80. The van der Waals surface area contributed by atoms with E-state index in [1.54, 1.807) is 6.07 Å². The van der Waals surface area contributed by atoms with Crippen LogP contribution in [0.15, 0.2) is 18.5 Å². The number of nitriles is 1. The normalized spacial score (nSPS) is 27.9. The maximum absolute atomic E-state index is 12.8. The minimum absolute atomic E-state index is 0.171. The zero-order valence-electron chi connectivity index (χ0n) is 19.5. The maximum Gasteiger partial charge on any atom is 0.322 e. The summed E-state index contributed by atoms with van der Waals surface area (Å²) in [6, 6.07) is 4.25. The average Bonchev–Trinajstić information content (AvgIpc) is 3.39. The first-order chi connectivity index (χ1) is 16.8. The third-order valence-corrected chi connectivity index (χ3v) is 6.67. The third-order valence-electron chi connectivity index (χ3n) is 6.67. The van der Waals surface area contributed by atoms with Crippen molar-refractivity contribution in [2.45, 2.75) is 75.4 Å². The molecule has 1 saturated carbocycles. The lowest BCUT2D eigenvalue weighted by atomic mass is 9.87.